The van der Waals surface area contributed by atoms with Crippen molar-refractivity contribution < 1.29 is 4.79 Å². The van der Waals surface area contributed by atoms with Gasteiger partial charge in [-0.1, -0.05) is 38.1 Å². The Morgan fingerprint density at radius 3 is 2.71 bits per heavy atom. The summed E-state index contributed by atoms with van der Waals surface area (Å²) in [6.07, 6.45) is 5.46. The third-order valence-corrected chi connectivity index (χ3v) is 3.16. The predicted octanol–water partition coefficient (Wildman–Crippen LogP) is 2.30. The number of H-pyrrole nitrogens is 1. The molecule has 0 aliphatic carbocycles. The molecule has 0 unspecified atom stereocenters. The van der Waals surface area contributed by atoms with Crippen LogP contribution in [0.25, 0.3) is 6.08 Å². The van der Waals surface area contributed by atoms with Crippen LogP contribution in [-0.4, -0.2) is 27.6 Å². The van der Waals surface area contributed by atoms with Crippen molar-refractivity contribution in [3.8, 4) is 0 Å². The van der Waals surface area contributed by atoms with E-state index in [2.05, 4.69) is 46.5 Å². The minimum absolute atomic E-state index is 0.109. The maximum absolute atomic E-state index is 11.7. The molecule has 2 N–H and O–H groups in total. The van der Waals surface area contributed by atoms with E-state index in [0.29, 0.717) is 18.9 Å². The summed E-state index contributed by atoms with van der Waals surface area (Å²) in [4.78, 5) is 15.7. The lowest BCUT2D eigenvalue weighted by Gasteiger charge is -2.04. The van der Waals surface area contributed by atoms with Gasteiger partial charge in [0.2, 0.25) is 5.91 Å². The number of amides is 1. The van der Waals surface area contributed by atoms with Crippen molar-refractivity contribution in [2.24, 2.45) is 0 Å². The van der Waals surface area contributed by atoms with E-state index in [4.69, 9.17) is 0 Å². The summed E-state index contributed by atoms with van der Waals surface area (Å²) >= 11 is 0. The minimum Gasteiger partial charge on any atom is -0.352 e. The van der Waals surface area contributed by atoms with E-state index in [1.807, 2.05) is 18.2 Å². The molecule has 2 rings (SSSR count). The molecule has 1 aromatic heterocycles. The highest BCUT2D eigenvalue weighted by Crippen LogP contribution is 2.15. The van der Waals surface area contributed by atoms with Crippen LogP contribution in [0.15, 0.2) is 36.7 Å². The number of rotatable bonds is 6. The molecule has 0 saturated heterocycles. The summed E-state index contributed by atoms with van der Waals surface area (Å²) in [5.74, 6) is 1.17. The van der Waals surface area contributed by atoms with E-state index >= 15 is 0 Å². The van der Waals surface area contributed by atoms with Gasteiger partial charge in [0.1, 0.15) is 12.2 Å². The SMILES string of the molecule is CC(C)c1ccc(C=CC(=O)NCCc2ncn[nH]2)cc1. The highest BCUT2D eigenvalue weighted by Gasteiger charge is 1.99. The normalized spacial score (nSPS) is 11.2. The quantitative estimate of drug-likeness (QED) is 0.800. The Morgan fingerprint density at radius 1 is 1.33 bits per heavy atom. The lowest BCUT2D eigenvalue weighted by molar-refractivity contribution is -0.116. The Labute approximate surface area is 124 Å². The standard InChI is InChI=1S/C16H20N4O/c1-12(2)14-6-3-13(4-7-14)5-8-16(21)17-10-9-15-18-11-19-20-15/h3-8,11-12H,9-10H2,1-2H3,(H,17,21)(H,18,19,20). The predicted molar refractivity (Wildman–Crippen MR) is 82.7 cm³/mol. The smallest absolute Gasteiger partial charge is 0.244 e. The molecule has 0 bridgehead atoms. The molecule has 0 saturated carbocycles. The van der Waals surface area contributed by atoms with Crippen LogP contribution in [0, 0.1) is 0 Å². The van der Waals surface area contributed by atoms with E-state index in [1.54, 1.807) is 6.08 Å². The zero-order valence-electron chi connectivity index (χ0n) is 12.3. The Kier molecular flexibility index (Phi) is 5.26. The van der Waals surface area contributed by atoms with Gasteiger partial charge in [0, 0.05) is 19.0 Å². The molecular weight excluding hydrogens is 264 g/mol. The number of hydrogen-bond acceptors (Lipinski definition) is 3. The number of nitrogens with zero attached hydrogens (tertiary/aromatic N) is 2. The topological polar surface area (TPSA) is 70.7 Å². The summed E-state index contributed by atoms with van der Waals surface area (Å²) in [7, 11) is 0. The van der Waals surface area contributed by atoms with Gasteiger partial charge in [0.15, 0.2) is 0 Å². The van der Waals surface area contributed by atoms with Crippen molar-refractivity contribution in [3.63, 3.8) is 0 Å². The number of benzene rings is 1. The summed E-state index contributed by atoms with van der Waals surface area (Å²) in [6, 6.07) is 8.22. The Hall–Kier alpha value is -2.43. The number of hydrogen-bond donors (Lipinski definition) is 2. The number of aromatic amines is 1. The average Bonchev–Trinajstić information content (AvgIpc) is 2.99. The van der Waals surface area contributed by atoms with Gasteiger partial charge >= 0.3 is 0 Å². The summed E-state index contributed by atoms with van der Waals surface area (Å²) in [5.41, 5.74) is 2.31. The van der Waals surface area contributed by atoms with Gasteiger partial charge in [0.25, 0.3) is 0 Å². The average molecular weight is 284 g/mol. The molecule has 1 heterocycles. The molecule has 0 spiro atoms. The fourth-order valence-electron chi connectivity index (χ4n) is 1.88. The monoisotopic (exact) mass is 284 g/mol. The van der Waals surface area contributed by atoms with Crippen LogP contribution in [0.3, 0.4) is 0 Å². The second-order valence-electron chi connectivity index (χ2n) is 5.13. The van der Waals surface area contributed by atoms with E-state index in [1.165, 1.54) is 11.9 Å². The van der Waals surface area contributed by atoms with E-state index in [-0.39, 0.29) is 5.91 Å². The van der Waals surface area contributed by atoms with Crippen molar-refractivity contribution in [3.05, 3.63) is 53.6 Å². The van der Waals surface area contributed by atoms with Gasteiger partial charge in [-0.3, -0.25) is 9.89 Å². The first-order valence-electron chi connectivity index (χ1n) is 7.05. The van der Waals surface area contributed by atoms with Crippen molar-refractivity contribution in [2.75, 3.05) is 6.54 Å². The van der Waals surface area contributed by atoms with Gasteiger partial charge in [0.05, 0.1) is 0 Å². The lowest BCUT2D eigenvalue weighted by atomic mass is 10.0. The number of carbonyl (C=O) groups is 1. The molecule has 21 heavy (non-hydrogen) atoms. The van der Waals surface area contributed by atoms with Crippen LogP contribution in [0.1, 0.15) is 36.7 Å². The summed E-state index contributed by atoms with van der Waals surface area (Å²) in [5, 5.41) is 9.31. The van der Waals surface area contributed by atoms with Crippen LogP contribution in [0.5, 0.6) is 0 Å². The maximum Gasteiger partial charge on any atom is 0.244 e. The Bertz CT molecular complexity index is 585. The summed E-state index contributed by atoms with van der Waals surface area (Å²) in [6.45, 7) is 4.85. The maximum atomic E-state index is 11.7. The highest BCUT2D eigenvalue weighted by atomic mass is 16.1. The molecule has 0 aliphatic rings. The molecule has 0 aliphatic heterocycles. The third kappa shape index (κ3) is 4.87. The van der Waals surface area contributed by atoms with Gasteiger partial charge in [-0.05, 0) is 23.1 Å². The van der Waals surface area contributed by atoms with Crippen molar-refractivity contribution in [1.29, 1.82) is 0 Å². The number of carbonyl (C=O) groups excluding carboxylic acids is 1. The van der Waals surface area contributed by atoms with Gasteiger partial charge < -0.3 is 5.32 Å². The molecule has 2 aromatic rings. The van der Waals surface area contributed by atoms with Crippen LogP contribution in [0.4, 0.5) is 0 Å². The molecule has 0 atom stereocenters. The van der Waals surface area contributed by atoms with Crippen molar-refractivity contribution in [2.45, 2.75) is 26.2 Å². The van der Waals surface area contributed by atoms with E-state index < -0.39 is 0 Å². The molecule has 1 aromatic carbocycles. The molecule has 1 amide bonds. The highest BCUT2D eigenvalue weighted by molar-refractivity contribution is 5.91. The molecule has 0 fully saturated rings. The first kappa shape index (κ1) is 15.0. The Balaban J connectivity index is 1.78. The zero-order valence-corrected chi connectivity index (χ0v) is 12.3. The number of aromatic nitrogens is 3. The van der Waals surface area contributed by atoms with Gasteiger partial charge in [-0.15, -0.1) is 0 Å². The summed E-state index contributed by atoms with van der Waals surface area (Å²) < 4.78 is 0. The molecule has 110 valence electrons. The van der Waals surface area contributed by atoms with Gasteiger partial charge in [-0.2, -0.15) is 5.10 Å². The Morgan fingerprint density at radius 2 is 2.10 bits per heavy atom. The van der Waals surface area contributed by atoms with Gasteiger partial charge in [-0.25, -0.2) is 4.98 Å². The largest absolute Gasteiger partial charge is 0.352 e. The zero-order chi connectivity index (χ0) is 15.1. The van der Waals surface area contributed by atoms with Crippen molar-refractivity contribution in [1.82, 2.24) is 20.5 Å². The second kappa shape index (κ2) is 7.38. The van der Waals surface area contributed by atoms with E-state index in [9.17, 15) is 4.79 Å². The van der Waals surface area contributed by atoms with Crippen LogP contribution >= 0.6 is 0 Å². The fourth-order valence-corrected chi connectivity index (χ4v) is 1.88. The fraction of sp³-hybridized carbons (Fsp3) is 0.312. The first-order valence-corrected chi connectivity index (χ1v) is 7.05. The van der Waals surface area contributed by atoms with Crippen molar-refractivity contribution >= 4 is 12.0 Å². The van der Waals surface area contributed by atoms with Crippen LogP contribution < -0.4 is 5.32 Å². The van der Waals surface area contributed by atoms with E-state index in [0.717, 1.165) is 11.4 Å². The number of nitrogens with one attached hydrogen (secondary N) is 2. The van der Waals surface area contributed by atoms with Crippen LogP contribution in [0.2, 0.25) is 0 Å². The first-order chi connectivity index (χ1) is 10.1. The molecular formula is C16H20N4O. The second-order valence-corrected chi connectivity index (χ2v) is 5.13. The van der Waals surface area contributed by atoms with Crippen LogP contribution in [-0.2, 0) is 11.2 Å². The molecule has 5 heteroatoms. The minimum atomic E-state index is -0.109. The third-order valence-electron chi connectivity index (χ3n) is 3.16. The molecule has 5 nitrogen and oxygen atoms in total. The molecule has 0 radical (unpaired) electrons. The lowest BCUT2D eigenvalue weighted by Crippen LogP contribution is -2.23.